The van der Waals surface area contributed by atoms with Crippen LogP contribution in [0.15, 0.2) is 18.2 Å². The molecule has 0 aliphatic rings. The van der Waals surface area contributed by atoms with E-state index in [1.807, 2.05) is 0 Å². The zero-order valence-electron chi connectivity index (χ0n) is 12.4. The van der Waals surface area contributed by atoms with Crippen LogP contribution in [0.2, 0.25) is 0 Å². The summed E-state index contributed by atoms with van der Waals surface area (Å²) in [5.41, 5.74) is 2.56. The third-order valence-corrected chi connectivity index (χ3v) is 3.15. The Balaban J connectivity index is 2.58. The molecule has 0 heterocycles. The minimum atomic E-state index is 0.534. The van der Waals surface area contributed by atoms with Gasteiger partial charge in [-0.3, -0.25) is 0 Å². The minimum Gasteiger partial charge on any atom is -0.493 e. The summed E-state index contributed by atoms with van der Waals surface area (Å²) in [6, 6.07) is 6.52. The van der Waals surface area contributed by atoms with Crippen LogP contribution in [0.1, 0.15) is 44.7 Å². The van der Waals surface area contributed by atoms with Crippen LogP contribution in [-0.2, 0) is 0 Å². The molecule has 0 aliphatic heterocycles. The predicted octanol–water partition coefficient (Wildman–Crippen LogP) is 3.74. The second-order valence-corrected chi connectivity index (χ2v) is 5.40. The van der Waals surface area contributed by atoms with Crippen LogP contribution in [0.4, 0.5) is 0 Å². The van der Waals surface area contributed by atoms with E-state index in [0.717, 1.165) is 25.4 Å². The number of rotatable bonds is 7. The van der Waals surface area contributed by atoms with Crippen molar-refractivity contribution in [3.8, 4) is 5.75 Å². The number of hydrogen-bond acceptors (Lipinski definition) is 2. The molecule has 0 saturated carbocycles. The fraction of sp³-hybridized carbons (Fsp3) is 0.625. The van der Waals surface area contributed by atoms with Crippen molar-refractivity contribution >= 4 is 0 Å². The van der Waals surface area contributed by atoms with Gasteiger partial charge in [-0.25, -0.2) is 0 Å². The van der Waals surface area contributed by atoms with E-state index in [4.69, 9.17) is 4.74 Å². The monoisotopic (exact) mass is 249 g/mol. The fourth-order valence-corrected chi connectivity index (χ4v) is 1.81. The first-order valence-corrected chi connectivity index (χ1v) is 6.98. The molecule has 2 heteroatoms. The summed E-state index contributed by atoms with van der Waals surface area (Å²) < 4.78 is 5.95. The maximum atomic E-state index is 5.95. The van der Waals surface area contributed by atoms with Gasteiger partial charge in [0.2, 0.25) is 0 Å². The molecule has 102 valence electrons. The molecular formula is C16H27NO. The topological polar surface area (TPSA) is 21.3 Å². The summed E-state index contributed by atoms with van der Waals surface area (Å²) in [5.74, 6) is 2.11. The Kier molecular flexibility index (Phi) is 6.20. The van der Waals surface area contributed by atoms with Gasteiger partial charge in [-0.2, -0.15) is 0 Å². The van der Waals surface area contributed by atoms with Crippen molar-refractivity contribution in [3.05, 3.63) is 29.3 Å². The quantitative estimate of drug-likeness (QED) is 0.795. The van der Waals surface area contributed by atoms with E-state index < -0.39 is 0 Å². The Morgan fingerprint density at radius 2 is 1.94 bits per heavy atom. The van der Waals surface area contributed by atoms with Gasteiger partial charge in [0.25, 0.3) is 0 Å². The van der Waals surface area contributed by atoms with E-state index in [1.54, 1.807) is 0 Å². The van der Waals surface area contributed by atoms with Gasteiger partial charge in [-0.15, -0.1) is 0 Å². The highest BCUT2D eigenvalue weighted by Crippen LogP contribution is 2.24. The average Bonchev–Trinajstić information content (AvgIpc) is 2.35. The lowest BCUT2D eigenvalue weighted by molar-refractivity contribution is 0.255. The van der Waals surface area contributed by atoms with E-state index >= 15 is 0 Å². The zero-order chi connectivity index (χ0) is 13.5. The number of benzene rings is 1. The number of ether oxygens (including phenoxy) is 1. The normalized spacial score (nSPS) is 12.8. The van der Waals surface area contributed by atoms with E-state index in [9.17, 15) is 0 Å². The van der Waals surface area contributed by atoms with Crippen LogP contribution in [-0.4, -0.2) is 19.7 Å². The molecular weight excluding hydrogens is 222 g/mol. The Hall–Kier alpha value is -1.02. The first-order chi connectivity index (χ1) is 8.54. The van der Waals surface area contributed by atoms with Crippen molar-refractivity contribution in [2.45, 2.75) is 40.5 Å². The lowest BCUT2D eigenvalue weighted by Gasteiger charge is -2.16. The number of nitrogens with one attached hydrogen (secondary N) is 1. The Labute approximate surface area is 112 Å². The maximum absolute atomic E-state index is 5.95. The van der Waals surface area contributed by atoms with Crippen molar-refractivity contribution in [2.75, 3.05) is 19.7 Å². The summed E-state index contributed by atoms with van der Waals surface area (Å²) in [6.45, 7) is 13.7. The standard InChI is InChI=1S/C16H27NO/c1-6-17-10-13(4)11-18-16-9-15(12(2)3)8-7-14(16)5/h7-9,12-13,17H,6,10-11H2,1-5H3. The van der Waals surface area contributed by atoms with Gasteiger partial charge in [-0.05, 0) is 36.6 Å². The largest absolute Gasteiger partial charge is 0.493 e. The maximum Gasteiger partial charge on any atom is 0.122 e. The highest BCUT2D eigenvalue weighted by atomic mass is 16.5. The molecule has 1 unspecified atom stereocenters. The molecule has 0 saturated heterocycles. The van der Waals surface area contributed by atoms with Crippen LogP contribution in [0.3, 0.4) is 0 Å². The van der Waals surface area contributed by atoms with Crippen molar-refractivity contribution in [1.82, 2.24) is 5.32 Å². The molecule has 0 fully saturated rings. The lowest BCUT2D eigenvalue weighted by atomic mass is 10.0. The molecule has 0 amide bonds. The molecule has 1 rings (SSSR count). The van der Waals surface area contributed by atoms with Gasteiger partial charge in [-0.1, -0.05) is 39.8 Å². The van der Waals surface area contributed by atoms with Crippen molar-refractivity contribution < 1.29 is 4.74 Å². The van der Waals surface area contributed by atoms with E-state index in [-0.39, 0.29) is 0 Å². The van der Waals surface area contributed by atoms with Crippen LogP contribution in [0, 0.1) is 12.8 Å². The van der Waals surface area contributed by atoms with Crippen LogP contribution in [0.25, 0.3) is 0 Å². The zero-order valence-corrected chi connectivity index (χ0v) is 12.4. The predicted molar refractivity (Wildman–Crippen MR) is 78.5 cm³/mol. The van der Waals surface area contributed by atoms with Gasteiger partial charge in [0, 0.05) is 12.5 Å². The molecule has 0 radical (unpaired) electrons. The Morgan fingerprint density at radius 1 is 1.22 bits per heavy atom. The SMILES string of the molecule is CCNCC(C)COc1cc(C(C)C)ccc1C. The number of aryl methyl sites for hydroxylation is 1. The Morgan fingerprint density at radius 3 is 2.56 bits per heavy atom. The van der Waals surface area contributed by atoms with Crippen molar-refractivity contribution in [1.29, 1.82) is 0 Å². The highest BCUT2D eigenvalue weighted by Gasteiger charge is 2.07. The second kappa shape index (κ2) is 7.42. The summed E-state index contributed by atoms with van der Waals surface area (Å²) in [6.07, 6.45) is 0. The summed E-state index contributed by atoms with van der Waals surface area (Å²) >= 11 is 0. The van der Waals surface area contributed by atoms with E-state index in [0.29, 0.717) is 11.8 Å². The molecule has 0 aliphatic carbocycles. The number of hydrogen-bond donors (Lipinski definition) is 1. The molecule has 1 aromatic rings. The average molecular weight is 249 g/mol. The van der Waals surface area contributed by atoms with Crippen LogP contribution in [0.5, 0.6) is 5.75 Å². The summed E-state index contributed by atoms with van der Waals surface area (Å²) in [7, 11) is 0. The fourth-order valence-electron chi connectivity index (χ4n) is 1.81. The highest BCUT2D eigenvalue weighted by molar-refractivity contribution is 5.37. The van der Waals surface area contributed by atoms with Gasteiger partial charge in [0.15, 0.2) is 0 Å². The van der Waals surface area contributed by atoms with Gasteiger partial charge in [0.1, 0.15) is 5.75 Å². The third kappa shape index (κ3) is 4.69. The molecule has 1 aromatic carbocycles. The van der Waals surface area contributed by atoms with Gasteiger partial charge >= 0.3 is 0 Å². The molecule has 0 spiro atoms. The van der Waals surface area contributed by atoms with Crippen molar-refractivity contribution in [3.63, 3.8) is 0 Å². The summed E-state index contributed by atoms with van der Waals surface area (Å²) in [4.78, 5) is 0. The van der Waals surface area contributed by atoms with Crippen LogP contribution >= 0.6 is 0 Å². The third-order valence-electron chi connectivity index (χ3n) is 3.15. The Bertz CT molecular complexity index is 360. The summed E-state index contributed by atoms with van der Waals surface area (Å²) in [5, 5.41) is 3.35. The second-order valence-electron chi connectivity index (χ2n) is 5.40. The van der Waals surface area contributed by atoms with Crippen LogP contribution < -0.4 is 10.1 Å². The first kappa shape index (κ1) is 15.0. The molecule has 1 atom stereocenters. The molecule has 18 heavy (non-hydrogen) atoms. The molecule has 1 N–H and O–H groups in total. The van der Waals surface area contributed by atoms with Gasteiger partial charge < -0.3 is 10.1 Å². The molecule has 0 aromatic heterocycles. The molecule has 2 nitrogen and oxygen atoms in total. The molecule has 0 bridgehead atoms. The van der Waals surface area contributed by atoms with Gasteiger partial charge in [0.05, 0.1) is 6.61 Å². The first-order valence-electron chi connectivity index (χ1n) is 6.98. The van der Waals surface area contributed by atoms with Crippen molar-refractivity contribution in [2.24, 2.45) is 5.92 Å². The lowest BCUT2D eigenvalue weighted by Crippen LogP contribution is -2.24. The smallest absolute Gasteiger partial charge is 0.122 e. The minimum absolute atomic E-state index is 0.534. The van der Waals surface area contributed by atoms with E-state index in [1.165, 1.54) is 11.1 Å². The van der Waals surface area contributed by atoms with E-state index in [2.05, 4.69) is 58.1 Å².